The Bertz CT molecular complexity index is 378. The Balaban J connectivity index is 2.23. The number of carbonyl (C=O) groups is 1. The van der Waals surface area contributed by atoms with E-state index in [9.17, 15) is 4.79 Å². The van der Waals surface area contributed by atoms with E-state index < -0.39 is 5.97 Å². The molecule has 1 aliphatic carbocycles. The van der Waals surface area contributed by atoms with Gasteiger partial charge >= 0.3 is 5.97 Å². The molecule has 1 aromatic rings. The molecular formula is C12H18N2O2. The van der Waals surface area contributed by atoms with Gasteiger partial charge in [0.1, 0.15) is 0 Å². The van der Waals surface area contributed by atoms with Crippen LogP contribution in [0, 0.1) is 6.92 Å². The fourth-order valence-electron chi connectivity index (χ4n) is 2.70. The second kappa shape index (κ2) is 4.68. The summed E-state index contributed by atoms with van der Waals surface area (Å²) in [5, 5.41) is 15.9. The van der Waals surface area contributed by atoms with Crippen LogP contribution in [-0.2, 0) is 11.2 Å². The van der Waals surface area contributed by atoms with Gasteiger partial charge in [-0.25, -0.2) is 0 Å². The van der Waals surface area contributed by atoms with E-state index in [0.29, 0.717) is 5.92 Å². The molecule has 0 atom stereocenters. The summed E-state index contributed by atoms with van der Waals surface area (Å²) >= 11 is 0. The summed E-state index contributed by atoms with van der Waals surface area (Å²) < 4.78 is 0. The van der Waals surface area contributed by atoms with Gasteiger partial charge < -0.3 is 5.11 Å². The Kier molecular flexibility index (Phi) is 3.27. The van der Waals surface area contributed by atoms with Gasteiger partial charge in [0, 0.05) is 5.69 Å². The molecule has 4 nitrogen and oxygen atoms in total. The highest BCUT2D eigenvalue weighted by Gasteiger charge is 2.23. The summed E-state index contributed by atoms with van der Waals surface area (Å²) in [6, 6.07) is 0. The maximum atomic E-state index is 10.8. The van der Waals surface area contributed by atoms with E-state index >= 15 is 0 Å². The van der Waals surface area contributed by atoms with Crippen LogP contribution in [-0.4, -0.2) is 21.3 Å². The van der Waals surface area contributed by atoms with Gasteiger partial charge in [0.2, 0.25) is 0 Å². The van der Waals surface area contributed by atoms with Gasteiger partial charge in [0.15, 0.2) is 0 Å². The van der Waals surface area contributed by atoms with Crippen molar-refractivity contribution in [2.24, 2.45) is 0 Å². The zero-order chi connectivity index (χ0) is 11.5. The number of aromatic nitrogens is 2. The van der Waals surface area contributed by atoms with Crippen molar-refractivity contribution < 1.29 is 9.90 Å². The van der Waals surface area contributed by atoms with Crippen LogP contribution < -0.4 is 0 Å². The number of hydrogen-bond acceptors (Lipinski definition) is 2. The Labute approximate surface area is 95.1 Å². The summed E-state index contributed by atoms with van der Waals surface area (Å²) in [5.74, 6) is -0.287. The number of carboxylic acid groups (broad SMARTS) is 1. The molecule has 2 rings (SSSR count). The fourth-order valence-corrected chi connectivity index (χ4v) is 2.70. The Hall–Kier alpha value is -1.32. The monoisotopic (exact) mass is 222 g/mol. The van der Waals surface area contributed by atoms with Gasteiger partial charge in [0.25, 0.3) is 0 Å². The lowest BCUT2D eigenvalue weighted by molar-refractivity contribution is -0.136. The minimum Gasteiger partial charge on any atom is -0.481 e. The molecule has 16 heavy (non-hydrogen) atoms. The number of aliphatic carboxylic acids is 1. The first kappa shape index (κ1) is 11.2. The molecule has 0 aromatic carbocycles. The Morgan fingerprint density at radius 2 is 2.12 bits per heavy atom. The number of H-pyrrole nitrogens is 1. The first-order valence-electron chi connectivity index (χ1n) is 5.94. The highest BCUT2D eigenvalue weighted by molar-refractivity contribution is 5.70. The second-order valence-corrected chi connectivity index (χ2v) is 4.61. The summed E-state index contributed by atoms with van der Waals surface area (Å²) in [6.07, 6.45) is 6.20. The number of carboxylic acids is 1. The summed E-state index contributed by atoms with van der Waals surface area (Å²) in [5.41, 5.74) is 2.95. The maximum absolute atomic E-state index is 10.8. The van der Waals surface area contributed by atoms with Crippen molar-refractivity contribution >= 4 is 5.97 Å². The first-order valence-corrected chi connectivity index (χ1v) is 5.94. The van der Waals surface area contributed by atoms with E-state index in [1.165, 1.54) is 37.7 Å². The van der Waals surface area contributed by atoms with E-state index in [0.717, 1.165) is 11.4 Å². The molecule has 0 spiro atoms. The van der Waals surface area contributed by atoms with Crippen LogP contribution in [0.1, 0.15) is 55.0 Å². The largest absolute Gasteiger partial charge is 0.481 e. The Morgan fingerprint density at radius 1 is 1.44 bits per heavy atom. The minimum absolute atomic E-state index is 0.0379. The van der Waals surface area contributed by atoms with E-state index in [-0.39, 0.29) is 6.42 Å². The molecule has 0 unspecified atom stereocenters. The third-order valence-electron chi connectivity index (χ3n) is 3.41. The topological polar surface area (TPSA) is 66.0 Å². The van der Waals surface area contributed by atoms with Gasteiger partial charge in [-0.3, -0.25) is 9.89 Å². The molecule has 4 heteroatoms. The second-order valence-electron chi connectivity index (χ2n) is 4.61. The van der Waals surface area contributed by atoms with E-state index in [1.807, 2.05) is 6.92 Å². The summed E-state index contributed by atoms with van der Waals surface area (Å²) in [7, 11) is 0. The standard InChI is InChI=1S/C12H18N2O2/c1-8-12(9-5-3-2-4-6-9)10(14-13-8)7-11(15)16/h9H,2-7H2,1H3,(H,13,14)(H,15,16). The van der Waals surface area contributed by atoms with Gasteiger partial charge in [-0.15, -0.1) is 0 Å². The molecule has 1 heterocycles. The zero-order valence-corrected chi connectivity index (χ0v) is 9.62. The van der Waals surface area contributed by atoms with E-state index in [2.05, 4.69) is 10.2 Å². The maximum Gasteiger partial charge on any atom is 0.309 e. The molecule has 1 aromatic heterocycles. The van der Waals surface area contributed by atoms with E-state index in [1.54, 1.807) is 0 Å². The van der Waals surface area contributed by atoms with Gasteiger partial charge in [-0.05, 0) is 31.2 Å². The predicted octanol–water partition coefficient (Wildman–Crippen LogP) is 2.39. The highest BCUT2D eigenvalue weighted by atomic mass is 16.4. The van der Waals surface area contributed by atoms with E-state index in [4.69, 9.17) is 5.11 Å². The van der Waals surface area contributed by atoms with Crippen molar-refractivity contribution in [1.82, 2.24) is 10.2 Å². The molecule has 0 bridgehead atoms. The molecule has 88 valence electrons. The number of nitrogens with one attached hydrogen (secondary N) is 1. The summed E-state index contributed by atoms with van der Waals surface area (Å²) in [6.45, 7) is 1.99. The molecule has 0 saturated heterocycles. The molecule has 1 fully saturated rings. The van der Waals surface area contributed by atoms with Gasteiger partial charge in [0.05, 0.1) is 12.1 Å². The van der Waals surface area contributed by atoms with Crippen LogP contribution in [0.3, 0.4) is 0 Å². The van der Waals surface area contributed by atoms with Crippen LogP contribution in [0.15, 0.2) is 0 Å². The molecule has 0 aliphatic heterocycles. The van der Waals surface area contributed by atoms with Crippen LogP contribution in [0.5, 0.6) is 0 Å². The van der Waals surface area contributed by atoms with Crippen LogP contribution in [0.2, 0.25) is 0 Å². The molecule has 1 aliphatic rings. The number of hydrogen-bond donors (Lipinski definition) is 2. The number of rotatable bonds is 3. The smallest absolute Gasteiger partial charge is 0.309 e. The SMILES string of the molecule is Cc1[nH]nc(CC(=O)O)c1C1CCCCC1. The van der Waals surface area contributed by atoms with Crippen molar-refractivity contribution in [2.45, 2.75) is 51.4 Å². The minimum atomic E-state index is -0.802. The molecule has 2 N–H and O–H groups in total. The average molecular weight is 222 g/mol. The number of aromatic amines is 1. The van der Waals surface area contributed by atoms with Crippen molar-refractivity contribution in [3.63, 3.8) is 0 Å². The van der Waals surface area contributed by atoms with Crippen molar-refractivity contribution in [3.05, 3.63) is 17.0 Å². The van der Waals surface area contributed by atoms with Crippen LogP contribution in [0.4, 0.5) is 0 Å². The predicted molar refractivity (Wildman–Crippen MR) is 60.5 cm³/mol. The van der Waals surface area contributed by atoms with Crippen molar-refractivity contribution in [2.75, 3.05) is 0 Å². The van der Waals surface area contributed by atoms with Crippen molar-refractivity contribution in [3.8, 4) is 0 Å². The van der Waals surface area contributed by atoms with Crippen LogP contribution in [0.25, 0.3) is 0 Å². The number of nitrogens with zero attached hydrogens (tertiary/aromatic N) is 1. The average Bonchev–Trinajstić information content (AvgIpc) is 2.60. The van der Waals surface area contributed by atoms with Gasteiger partial charge in [-0.1, -0.05) is 19.3 Å². The molecule has 0 amide bonds. The highest BCUT2D eigenvalue weighted by Crippen LogP contribution is 2.35. The molecular weight excluding hydrogens is 204 g/mol. The lowest BCUT2D eigenvalue weighted by atomic mass is 9.82. The quantitative estimate of drug-likeness (QED) is 0.825. The third kappa shape index (κ3) is 2.26. The first-order chi connectivity index (χ1) is 7.68. The lowest BCUT2D eigenvalue weighted by Gasteiger charge is -2.22. The zero-order valence-electron chi connectivity index (χ0n) is 9.62. The summed E-state index contributed by atoms with van der Waals surface area (Å²) in [4.78, 5) is 10.8. The molecule has 0 radical (unpaired) electrons. The normalized spacial score (nSPS) is 17.6. The van der Waals surface area contributed by atoms with Gasteiger partial charge in [-0.2, -0.15) is 5.10 Å². The molecule has 1 saturated carbocycles. The fraction of sp³-hybridized carbons (Fsp3) is 0.667. The van der Waals surface area contributed by atoms with Crippen LogP contribution >= 0.6 is 0 Å². The lowest BCUT2D eigenvalue weighted by Crippen LogP contribution is -2.10. The number of aryl methyl sites for hydroxylation is 1. The Morgan fingerprint density at radius 3 is 2.75 bits per heavy atom. The van der Waals surface area contributed by atoms with Crippen molar-refractivity contribution in [1.29, 1.82) is 0 Å². The third-order valence-corrected chi connectivity index (χ3v) is 3.41.